The number of aromatic hydroxyl groups is 1. The van der Waals surface area contributed by atoms with Crippen molar-refractivity contribution in [2.75, 3.05) is 20.2 Å². The van der Waals surface area contributed by atoms with Crippen LogP contribution < -0.4 is 4.74 Å². The number of hydrogen-bond acceptors (Lipinski definition) is 5. The minimum Gasteiger partial charge on any atom is -0.504 e. The molecule has 1 amide bonds. The Morgan fingerprint density at radius 2 is 2.00 bits per heavy atom. The first-order chi connectivity index (χ1) is 9.49. The number of methoxy groups -OCH3 is 1. The van der Waals surface area contributed by atoms with E-state index in [9.17, 15) is 20.0 Å². The SMILES string of the molecule is COc1cc(C)c([N+](=O)[O-])cc1O.O=CN1CCCC1. The summed E-state index contributed by atoms with van der Waals surface area (Å²) in [5.74, 6) is 0.0166. The molecule has 0 saturated carbocycles. The molecule has 1 aliphatic rings. The molecule has 0 aliphatic carbocycles. The van der Waals surface area contributed by atoms with Crippen LogP contribution in [0.2, 0.25) is 0 Å². The topological polar surface area (TPSA) is 92.9 Å². The molecule has 20 heavy (non-hydrogen) atoms. The van der Waals surface area contributed by atoms with Gasteiger partial charge in [-0.3, -0.25) is 14.9 Å². The highest BCUT2D eigenvalue weighted by molar-refractivity contribution is 5.52. The summed E-state index contributed by atoms with van der Waals surface area (Å²) in [5.41, 5.74) is 0.345. The number of carbonyl (C=O) groups is 1. The molecular weight excluding hydrogens is 264 g/mol. The van der Waals surface area contributed by atoms with E-state index < -0.39 is 4.92 Å². The molecule has 2 rings (SSSR count). The van der Waals surface area contributed by atoms with Crippen molar-refractivity contribution >= 4 is 12.1 Å². The van der Waals surface area contributed by atoms with Crippen molar-refractivity contribution in [1.29, 1.82) is 0 Å². The molecule has 1 saturated heterocycles. The summed E-state index contributed by atoms with van der Waals surface area (Å²) in [6, 6.07) is 2.50. The van der Waals surface area contributed by atoms with Gasteiger partial charge in [0, 0.05) is 18.7 Å². The third kappa shape index (κ3) is 4.11. The maximum Gasteiger partial charge on any atom is 0.276 e. The highest BCUT2D eigenvalue weighted by Gasteiger charge is 2.14. The van der Waals surface area contributed by atoms with Gasteiger partial charge in [-0.05, 0) is 25.8 Å². The molecule has 0 aromatic heterocycles. The van der Waals surface area contributed by atoms with Gasteiger partial charge in [-0.2, -0.15) is 0 Å². The van der Waals surface area contributed by atoms with Crippen molar-refractivity contribution in [3.8, 4) is 11.5 Å². The second kappa shape index (κ2) is 7.32. The van der Waals surface area contributed by atoms with Crippen LogP contribution in [-0.4, -0.2) is 41.5 Å². The van der Waals surface area contributed by atoms with E-state index in [0.29, 0.717) is 5.56 Å². The fourth-order valence-electron chi connectivity index (χ4n) is 1.87. The van der Waals surface area contributed by atoms with Crippen molar-refractivity contribution in [3.63, 3.8) is 0 Å². The molecule has 1 fully saturated rings. The van der Waals surface area contributed by atoms with Crippen LogP contribution in [0.3, 0.4) is 0 Å². The number of nitro groups is 1. The molecule has 7 nitrogen and oxygen atoms in total. The van der Waals surface area contributed by atoms with Crippen molar-refractivity contribution in [2.45, 2.75) is 19.8 Å². The average molecular weight is 282 g/mol. The number of aryl methyl sites for hydroxylation is 1. The Kier molecular flexibility index (Phi) is 5.76. The van der Waals surface area contributed by atoms with Crippen LogP contribution in [0.5, 0.6) is 11.5 Å². The van der Waals surface area contributed by atoms with Crippen LogP contribution in [0.4, 0.5) is 5.69 Å². The standard InChI is InChI=1S/C8H9NO4.C5H9NO/c1-5-3-8(13-2)7(10)4-6(5)9(11)12;7-5-6-3-1-2-4-6/h3-4,10H,1-2H3;5H,1-4H2. The normalized spacial score (nSPS) is 13.4. The van der Waals surface area contributed by atoms with Crippen LogP contribution in [-0.2, 0) is 4.79 Å². The zero-order chi connectivity index (χ0) is 15.1. The Bertz CT molecular complexity index is 484. The number of carbonyl (C=O) groups excluding carboxylic acids is 1. The van der Waals surface area contributed by atoms with Gasteiger partial charge in [-0.25, -0.2) is 0 Å². The maximum absolute atomic E-state index is 10.4. The lowest BCUT2D eigenvalue weighted by Crippen LogP contribution is -2.15. The molecule has 7 heteroatoms. The van der Waals surface area contributed by atoms with Crippen molar-refractivity contribution in [3.05, 3.63) is 27.8 Å². The predicted octanol–water partition coefficient (Wildman–Crippen LogP) is 1.86. The number of hydrogen-bond donors (Lipinski definition) is 1. The van der Waals surface area contributed by atoms with E-state index >= 15 is 0 Å². The van der Waals surface area contributed by atoms with Crippen molar-refractivity contribution in [1.82, 2.24) is 4.90 Å². The first-order valence-corrected chi connectivity index (χ1v) is 6.21. The molecule has 1 heterocycles. The Morgan fingerprint density at radius 3 is 2.40 bits per heavy atom. The highest BCUT2D eigenvalue weighted by atomic mass is 16.6. The molecule has 0 radical (unpaired) electrons. The van der Waals surface area contributed by atoms with E-state index in [2.05, 4.69) is 0 Å². The molecule has 1 N–H and O–H groups in total. The van der Waals surface area contributed by atoms with Crippen molar-refractivity contribution in [2.24, 2.45) is 0 Å². The van der Waals surface area contributed by atoms with E-state index in [1.165, 1.54) is 26.0 Å². The van der Waals surface area contributed by atoms with E-state index in [-0.39, 0.29) is 17.2 Å². The number of ether oxygens (including phenoxy) is 1. The average Bonchev–Trinajstić information content (AvgIpc) is 2.94. The van der Waals surface area contributed by atoms with E-state index in [1.54, 1.807) is 11.8 Å². The Morgan fingerprint density at radius 1 is 1.40 bits per heavy atom. The second-order valence-corrected chi connectivity index (χ2v) is 4.42. The molecule has 1 aromatic carbocycles. The Labute approximate surface area is 116 Å². The van der Waals surface area contributed by atoms with Gasteiger partial charge in [0.05, 0.1) is 18.1 Å². The maximum atomic E-state index is 10.4. The largest absolute Gasteiger partial charge is 0.504 e. The number of benzene rings is 1. The summed E-state index contributed by atoms with van der Waals surface area (Å²) in [6.07, 6.45) is 3.31. The van der Waals surface area contributed by atoms with Gasteiger partial charge in [0.15, 0.2) is 11.5 Å². The van der Waals surface area contributed by atoms with Crippen molar-refractivity contribution < 1.29 is 19.6 Å². The predicted molar refractivity (Wildman–Crippen MR) is 72.9 cm³/mol. The number of amides is 1. The number of likely N-dealkylation sites (tertiary alicyclic amines) is 1. The number of phenols is 1. The summed E-state index contributed by atoms with van der Waals surface area (Å²) in [4.78, 5) is 21.6. The highest BCUT2D eigenvalue weighted by Crippen LogP contribution is 2.32. The summed E-state index contributed by atoms with van der Waals surface area (Å²) >= 11 is 0. The van der Waals surface area contributed by atoms with E-state index in [1.807, 2.05) is 0 Å². The number of nitro benzene ring substituents is 1. The number of rotatable bonds is 3. The third-order valence-corrected chi connectivity index (χ3v) is 2.98. The zero-order valence-electron chi connectivity index (χ0n) is 11.5. The number of phenolic OH excluding ortho intramolecular Hbond substituents is 1. The molecule has 110 valence electrons. The first kappa shape index (κ1) is 15.7. The van der Waals surface area contributed by atoms with Gasteiger partial charge >= 0.3 is 0 Å². The van der Waals surface area contributed by atoms with Gasteiger partial charge in [-0.1, -0.05) is 0 Å². The summed E-state index contributed by atoms with van der Waals surface area (Å²) < 4.78 is 4.79. The summed E-state index contributed by atoms with van der Waals surface area (Å²) in [6.45, 7) is 3.53. The molecule has 1 aliphatic heterocycles. The molecule has 0 unspecified atom stereocenters. The fraction of sp³-hybridized carbons (Fsp3) is 0.462. The van der Waals surface area contributed by atoms with Gasteiger partial charge in [0.25, 0.3) is 5.69 Å². The van der Waals surface area contributed by atoms with Crippen LogP contribution >= 0.6 is 0 Å². The van der Waals surface area contributed by atoms with Crippen LogP contribution in [0.15, 0.2) is 12.1 Å². The van der Waals surface area contributed by atoms with Gasteiger partial charge in [0.2, 0.25) is 6.41 Å². The molecule has 0 bridgehead atoms. The third-order valence-electron chi connectivity index (χ3n) is 2.98. The first-order valence-electron chi connectivity index (χ1n) is 6.21. The summed E-state index contributed by atoms with van der Waals surface area (Å²) in [7, 11) is 1.39. The lowest BCUT2D eigenvalue weighted by Gasteiger charge is -2.04. The molecule has 0 atom stereocenters. The smallest absolute Gasteiger partial charge is 0.276 e. The van der Waals surface area contributed by atoms with Crippen LogP contribution in [0.1, 0.15) is 18.4 Å². The van der Waals surface area contributed by atoms with Gasteiger partial charge < -0.3 is 14.7 Å². The molecule has 1 aromatic rings. The zero-order valence-corrected chi connectivity index (χ0v) is 11.5. The lowest BCUT2D eigenvalue weighted by molar-refractivity contribution is -0.385. The lowest BCUT2D eigenvalue weighted by atomic mass is 10.2. The van der Waals surface area contributed by atoms with Crippen LogP contribution in [0, 0.1) is 17.0 Å². The van der Waals surface area contributed by atoms with Crippen LogP contribution in [0.25, 0.3) is 0 Å². The Hall–Kier alpha value is -2.31. The quantitative estimate of drug-likeness (QED) is 0.519. The monoisotopic (exact) mass is 282 g/mol. The fourth-order valence-corrected chi connectivity index (χ4v) is 1.87. The Balaban J connectivity index is 0.000000240. The minimum atomic E-state index is -0.547. The summed E-state index contributed by atoms with van der Waals surface area (Å²) in [5, 5.41) is 19.7. The molecular formula is C13H18N2O5. The van der Waals surface area contributed by atoms with Gasteiger partial charge in [0.1, 0.15) is 0 Å². The van der Waals surface area contributed by atoms with E-state index in [4.69, 9.17) is 4.74 Å². The second-order valence-electron chi connectivity index (χ2n) is 4.42. The minimum absolute atomic E-state index is 0.113. The van der Waals surface area contributed by atoms with E-state index in [0.717, 1.165) is 25.6 Å². The van der Waals surface area contributed by atoms with Gasteiger partial charge in [-0.15, -0.1) is 0 Å². The number of nitrogens with zero attached hydrogens (tertiary/aromatic N) is 2. The molecule has 0 spiro atoms.